The summed E-state index contributed by atoms with van der Waals surface area (Å²) >= 11 is 0. The van der Waals surface area contributed by atoms with Crippen LogP contribution in [0.15, 0.2) is 54.6 Å². The number of rotatable bonds is 7. The Labute approximate surface area is 161 Å². The van der Waals surface area contributed by atoms with Crippen molar-refractivity contribution in [3.05, 3.63) is 65.7 Å². The second-order valence-electron chi connectivity index (χ2n) is 6.79. The quantitative estimate of drug-likeness (QED) is 0.729. The summed E-state index contributed by atoms with van der Waals surface area (Å²) in [7, 11) is -3.83. The third-order valence-electron chi connectivity index (χ3n) is 4.31. The summed E-state index contributed by atoms with van der Waals surface area (Å²) in [4.78, 5) is 13.1. The van der Waals surface area contributed by atoms with Crippen molar-refractivity contribution in [1.82, 2.24) is 0 Å². The van der Waals surface area contributed by atoms with Crippen LogP contribution in [0.2, 0.25) is 0 Å². The van der Waals surface area contributed by atoms with Crippen LogP contribution in [-0.2, 0) is 27.7 Å². The Kier molecular flexibility index (Phi) is 6.75. The monoisotopic (exact) mass is 384 g/mol. The Morgan fingerprint density at radius 3 is 2.11 bits per heavy atom. The number of carbonyl (C=O) groups is 1. The molecule has 0 saturated heterocycles. The molecule has 0 aliphatic rings. The molecule has 2 aromatic carbocycles. The van der Waals surface area contributed by atoms with Crippen molar-refractivity contribution in [3.8, 4) is 6.07 Å². The van der Waals surface area contributed by atoms with Gasteiger partial charge in [0, 0.05) is 5.92 Å². The number of hydrogen-bond acceptors (Lipinski definition) is 4. The third-order valence-corrected chi connectivity index (χ3v) is 6.40. The molecule has 1 atom stereocenters. The lowest BCUT2D eigenvalue weighted by Gasteiger charge is -2.27. The zero-order chi connectivity index (χ0) is 20.0. The van der Waals surface area contributed by atoms with Crippen molar-refractivity contribution in [2.45, 2.75) is 38.9 Å². The molecule has 142 valence electrons. The summed E-state index contributed by atoms with van der Waals surface area (Å²) in [5.41, 5.74) is 2.05. The van der Waals surface area contributed by atoms with Gasteiger partial charge in [0.15, 0.2) is 0 Å². The molecule has 6 heteroatoms. The van der Waals surface area contributed by atoms with Crippen molar-refractivity contribution in [1.29, 1.82) is 5.26 Å². The van der Waals surface area contributed by atoms with Crippen molar-refractivity contribution in [3.63, 3.8) is 0 Å². The van der Waals surface area contributed by atoms with Gasteiger partial charge in [-0.2, -0.15) is 5.26 Å². The van der Waals surface area contributed by atoms with E-state index in [0.29, 0.717) is 12.1 Å². The molecule has 0 aliphatic heterocycles. The van der Waals surface area contributed by atoms with E-state index < -0.39 is 27.1 Å². The van der Waals surface area contributed by atoms with Gasteiger partial charge in [-0.05, 0) is 43.5 Å². The van der Waals surface area contributed by atoms with E-state index in [2.05, 4.69) is 6.07 Å². The van der Waals surface area contributed by atoms with E-state index in [1.165, 1.54) is 0 Å². The molecule has 0 bridgehead atoms. The molecule has 27 heavy (non-hydrogen) atoms. The average Bonchev–Trinajstić information content (AvgIpc) is 2.64. The number of sulfonamides is 1. The molecule has 2 aromatic rings. The zero-order valence-corrected chi connectivity index (χ0v) is 16.6. The minimum atomic E-state index is -3.83. The molecule has 0 spiro atoms. The zero-order valence-electron chi connectivity index (χ0n) is 15.8. The van der Waals surface area contributed by atoms with Gasteiger partial charge in [0.25, 0.3) is 0 Å². The summed E-state index contributed by atoms with van der Waals surface area (Å²) in [6, 6.07) is 18.1. The summed E-state index contributed by atoms with van der Waals surface area (Å²) in [5, 5.41) is 8.06. The van der Waals surface area contributed by atoms with Crippen LogP contribution in [0, 0.1) is 17.2 Å². The Bertz CT molecular complexity index is 914. The fourth-order valence-corrected chi connectivity index (χ4v) is 3.97. The van der Waals surface area contributed by atoms with Crippen LogP contribution >= 0.6 is 0 Å². The average molecular weight is 385 g/mol. The van der Waals surface area contributed by atoms with E-state index >= 15 is 0 Å². The van der Waals surface area contributed by atoms with Gasteiger partial charge in [-0.25, -0.2) is 12.7 Å². The summed E-state index contributed by atoms with van der Waals surface area (Å²) in [5.74, 6) is -0.958. The first-order valence-corrected chi connectivity index (χ1v) is 10.4. The number of benzene rings is 2. The largest absolute Gasteiger partial charge is 0.273 e. The van der Waals surface area contributed by atoms with Crippen molar-refractivity contribution in [2.75, 3.05) is 4.31 Å². The minimum absolute atomic E-state index is 0.232. The molecule has 0 aliphatic carbocycles. The molecule has 0 saturated carbocycles. The Hall–Kier alpha value is -2.65. The maximum atomic E-state index is 13.1. The van der Waals surface area contributed by atoms with Gasteiger partial charge in [0.2, 0.25) is 15.9 Å². The number of anilines is 1. The first-order chi connectivity index (χ1) is 12.8. The second-order valence-corrected chi connectivity index (χ2v) is 9.13. The first-order valence-electron chi connectivity index (χ1n) is 8.85. The van der Waals surface area contributed by atoms with E-state index in [9.17, 15) is 13.2 Å². The lowest BCUT2D eigenvalue weighted by Crippen LogP contribution is -2.44. The summed E-state index contributed by atoms with van der Waals surface area (Å²) in [6.07, 6.45) is 0.686. The fourth-order valence-electron chi connectivity index (χ4n) is 2.71. The van der Waals surface area contributed by atoms with Crippen molar-refractivity contribution >= 4 is 21.6 Å². The molecule has 0 radical (unpaired) electrons. The van der Waals surface area contributed by atoms with Crippen LogP contribution in [0.4, 0.5) is 5.69 Å². The summed E-state index contributed by atoms with van der Waals surface area (Å²) < 4.78 is 26.7. The minimum Gasteiger partial charge on any atom is -0.273 e. The molecular weight excluding hydrogens is 360 g/mol. The highest BCUT2D eigenvalue weighted by atomic mass is 32.2. The number of nitriles is 1. The maximum absolute atomic E-state index is 13.1. The molecule has 1 unspecified atom stereocenters. The van der Waals surface area contributed by atoms with E-state index in [4.69, 9.17) is 5.26 Å². The first kappa shape index (κ1) is 20.7. The van der Waals surface area contributed by atoms with Crippen LogP contribution in [0.5, 0.6) is 0 Å². The Morgan fingerprint density at radius 1 is 1.00 bits per heavy atom. The van der Waals surface area contributed by atoms with Gasteiger partial charge < -0.3 is 0 Å². The van der Waals surface area contributed by atoms with Crippen LogP contribution in [0.3, 0.4) is 0 Å². The van der Waals surface area contributed by atoms with Gasteiger partial charge >= 0.3 is 0 Å². The highest BCUT2D eigenvalue weighted by molar-refractivity contribution is 7.94. The van der Waals surface area contributed by atoms with Crippen LogP contribution < -0.4 is 4.31 Å². The van der Waals surface area contributed by atoms with Gasteiger partial charge in [-0.1, -0.05) is 49.4 Å². The molecule has 0 fully saturated rings. The lowest BCUT2D eigenvalue weighted by atomic mass is 10.0. The number of hydrogen-bond donors (Lipinski definition) is 0. The number of nitrogens with zero attached hydrogens (tertiary/aromatic N) is 2. The van der Waals surface area contributed by atoms with Gasteiger partial charge in [0.05, 0.1) is 23.4 Å². The van der Waals surface area contributed by atoms with Crippen molar-refractivity contribution < 1.29 is 13.2 Å². The van der Waals surface area contributed by atoms with Crippen LogP contribution in [-0.4, -0.2) is 19.6 Å². The van der Waals surface area contributed by atoms with E-state index in [1.54, 1.807) is 45.0 Å². The molecule has 0 N–H and O–H groups in total. The van der Waals surface area contributed by atoms with E-state index in [0.717, 1.165) is 15.4 Å². The number of amides is 1. The van der Waals surface area contributed by atoms with E-state index in [-0.39, 0.29) is 6.42 Å². The predicted molar refractivity (Wildman–Crippen MR) is 107 cm³/mol. The third kappa shape index (κ3) is 4.95. The van der Waals surface area contributed by atoms with Crippen LogP contribution in [0.25, 0.3) is 0 Å². The standard InChI is InChI=1S/C21H24N2O3S/c1-16(2)27(25,26)23(20-11-9-18(10-12-20)13-14-22)21(24)17(3)15-19-7-5-4-6-8-19/h4-12,16-17H,13,15H2,1-3H3. The topological polar surface area (TPSA) is 78.2 Å². The predicted octanol–water partition coefficient (Wildman–Crippen LogP) is 3.70. The highest BCUT2D eigenvalue weighted by Crippen LogP contribution is 2.25. The van der Waals surface area contributed by atoms with Crippen molar-refractivity contribution in [2.24, 2.45) is 5.92 Å². The Balaban J connectivity index is 2.37. The summed E-state index contributed by atoms with van der Waals surface area (Å²) in [6.45, 7) is 4.85. The Morgan fingerprint density at radius 2 is 1.59 bits per heavy atom. The lowest BCUT2D eigenvalue weighted by molar-refractivity contribution is -0.120. The molecule has 0 heterocycles. The maximum Gasteiger partial charge on any atom is 0.244 e. The van der Waals surface area contributed by atoms with Gasteiger partial charge in [-0.15, -0.1) is 0 Å². The fraction of sp³-hybridized carbons (Fsp3) is 0.333. The SMILES string of the molecule is CC(Cc1ccccc1)C(=O)N(c1ccc(CC#N)cc1)S(=O)(=O)C(C)C. The number of carbonyl (C=O) groups excluding carboxylic acids is 1. The normalized spacial score (nSPS) is 12.4. The van der Waals surface area contributed by atoms with Gasteiger partial charge in [0.1, 0.15) is 0 Å². The molecule has 5 nitrogen and oxygen atoms in total. The second kappa shape index (κ2) is 8.83. The molecule has 2 rings (SSSR count). The van der Waals surface area contributed by atoms with Crippen LogP contribution in [0.1, 0.15) is 31.9 Å². The molecule has 1 amide bonds. The molecular formula is C21H24N2O3S. The van der Waals surface area contributed by atoms with E-state index in [1.807, 2.05) is 30.3 Å². The molecule has 0 aromatic heterocycles. The highest BCUT2D eigenvalue weighted by Gasteiger charge is 2.34. The smallest absolute Gasteiger partial charge is 0.244 e. The van der Waals surface area contributed by atoms with Gasteiger partial charge in [-0.3, -0.25) is 4.79 Å².